The molecule has 1 atom stereocenters. The van der Waals surface area contributed by atoms with Crippen molar-refractivity contribution < 1.29 is 0 Å². The molecule has 1 aliphatic rings. The topological polar surface area (TPSA) is 95.8 Å². The van der Waals surface area contributed by atoms with Gasteiger partial charge in [-0.25, -0.2) is 9.97 Å². The van der Waals surface area contributed by atoms with Crippen molar-refractivity contribution >= 4 is 28.3 Å². The molecule has 3 heterocycles. The molecule has 7 nitrogen and oxygen atoms in total. The van der Waals surface area contributed by atoms with Gasteiger partial charge in [0.1, 0.15) is 11.6 Å². The van der Waals surface area contributed by atoms with Gasteiger partial charge in [0.15, 0.2) is 0 Å². The molecule has 34 heavy (non-hydrogen) atoms. The highest BCUT2D eigenvalue weighted by molar-refractivity contribution is 5.94. The number of nitrogens with zero attached hydrogens (tertiary/aromatic N) is 4. The number of fused-ring (bicyclic) bond motifs is 1. The number of anilines is 1. The Hall–Kier alpha value is -3.61. The molecule has 4 rings (SSSR count). The summed E-state index contributed by atoms with van der Waals surface area (Å²) in [4.78, 5) is 12.0. The number of unbranched alkanes of at least 4 members (excludes halogenated alkanes) is 1. The van der Waals surface area contributed by atoms with Crippen LogP contribution < -0.4 is 16.0 Å². The number of nitrogens with two attached hydrogens (primary N) is 1. The highest BCUT2D eigenvalue weighted by Gasteiger charge is 2.22. The SMILES string of the molecule is C=C(N)c1ccc2c(c1)nc(-c1ccc(N3CCCC3C)nc1)n2CC(=N)/C=C\NCCCC. The zero-order chi connectivity index (χ0) is 24.1. The first-order chi connectivity index (χ1) is 16.5. The third-order valence-corrected chi connectivity index (χ3v) is 6.38. The Balaban J connectivity index is 1.65. The Morgan fingerprint density at radius 3 is 2.85 bits per heavy atom. The number of pyridine rings is 1. The quantitative estimate of drug-likeness (QED) is 0.296. The smallest absolute Gasteiger partial charge is 0.143 e. The first kappa shape index (κ1) is 23.5. The van der Waals surface area contributed by atoms with Gasteiger partial charge in [0.05, 0.1) is 23.3 Å². The largest absolute Gasteiger partial charge is 0.399 e. The van der Waals surface area contributed by atoms with Gasteiger partial charge < -0.3 is 25.9 Å². The lowest BCUT2D eigenvalue weighted by Crippen LogP contribution is -2.26. The predicted molar refractivity (Wildman–Crippen MR) is 142 cm³/mol. The van der Waals surface area contributed by atoms with Gasteiger partial charge >= 0.3 is 0 Å². The van der Waals surface area contributed by atoms with E-state index in [9.17, 15) is 0 Å². The van der Waals surface area contributed by atoms with Crippen LogP contribution in [0.5, 0.6) is 0 Å². The highest BCUT2D eigenvalue weighted by atomic mass is 15.2. The second-order valence-corrected chi connectivity index (χ2v) is 9.01. The first-order valence-electron chi connectivity index (χ1n) is 12.1. The number of aromatic nitrogens is 3. The fraction of sp³-hybridized carbons (Fsp3) is 0.370. The van der Waals surface area contributed by atoms with Gasteiger partial charge in [-0.15, -0.1) is 0 Å². The molecule has 0 saturated carbocycles. The molecule has 1 fully saturated rings. The third kappa shape index (κ3) is 5.14. The van der Waals surface area contributed by atoms with E-state index in [0.717, 1.165) is 59.7 Å². The maximum absolute atomic E-state index is 8.53. The van der Waals surface area contributed by atoms with Crippen LogP contribution in [-0.2, 0) is 6.54 Å². The van der Waals surface area contributed by atoms with E-state index in [1.54, 1.807) is 0 Å². The molecule has 1 aliphatic heterocycles. The Morgan fingerprint density at radius 1 is 1.32 bits per heavy atom. The van der Waals surface area contributed by atoms with Crippen LogP contribution in [0.25, 0.3) is 28.1 Å². The molecule has 4 N–H and O–H groups in total. The Kier molecular flexibility index (Phi) is 7.30. The van der Waals surface area contributed by atoms with E-state index in [2.05, 4.69) is 47.3 Å². The summed E-state index contributed by atoms with van der Waals surface area (Å²) in [5.41, 5.74) is 10.5. The molecule has 3 aromatic rings. The van der Waals surface area contributed by atoms with Crippen LogP contribution >= 0.6 is 0 Å². The molecule has 1 aromatic carbocycles. The number of benzene rings is 1. The van der Waals surface area contributed by atoms with Gasteiger partial charge in [-0.3, -0.25) is 0 Å². The monoisotopic (exact) mass is 457 g/mol. The Bertz CT molecular complexity index is 1190. The number of hydrogen-bond donors (Lipinski definition) is 3. The third-order valence-electron chi connectivity index (χ3n) is 6.38. The van der Waals surface area contributed by atoms with Gasteiger partial charge in [-0.05, 0) is 68.3 Å². The van der Waals surface area contributed by atoms with Crippen molar-refractivity contribution in [3.05, 3.63) is 60.9 Å². The van der Waals surface area contributed by atoms with Crippen molar-refractivity contribution in [3.63, 3.8) is 0 Å². The number of allylic oxidation sites excluding steroid dienone is 1. The lowest BCUT2D eigenvalue weighted by molar-refractivity contribution is 0.727. The second-order valence-electron chi connectivity index (χ2n) is 9.01. The predicted octanol–water partition coefficient (Wildman–Crippen LogP) is 4.94. The van der Waals surface area contributed by atoms with E-state index < -0.39 is 0 Å². The van der Waals surface area contributed by atoms with Crippen LogP contribution in [0.3, 0.4) is 0 Å². The number of rotatable bonds is 10. The van der Waals surface area contributed by atoms with E-state index in [0.29, 0.717) is 24.0 Å². The summed E-state index contributed by atoms with van der Waals surface area (Å²) >= 11 is 0. The van der Waals surface area contributed by atoms with Crippen LogP contribution in [0.1, 0.15) is 45.1 Å². The summed E-state index contributed by atoms with van der Waals surface area (Å²) in [5, 5.41) is 11.8. The minimum atomic E-state index is 0.408. The fourth-order valence-electron chi connectivity index (χ4n) is 4.42. The maximum atomic E-state index is 8.53. The van der Waals surface area contributed by atoms with Crippen LogP contribution in [0, 0.1) is 5.41 Å². The molecule has 1 unspecified atom stereocenters. The van der Waals surface area contributed by atoms with Crippen LogP contribution in [-0.4, -0.2) is 39.4 Å². The molecule has 0 radical (unpaired) electrons. The molecule has 1 saturated heterocycles. The minimum Gasteiger partial charge on any atom is -0.399 e. The van der Waals surface area contributed by atoms with Crippen molar-refractivity contribution in [2.45, 2.75) is 52.1 Å². The van der Waals surface area contributed by atoms with E-state index in [1.165, 1.54) is 12.8 Å². The van der Waals surface area contributed by atoms with Crippen molar-refractivity contribution in [1.29, 1.82) is 5.41 Å². The number of imidazole rings is 1. The summed E-state index contributed by atoms with van der Waals surface area (Å²) < 4.78 is 2.08. The van der Waals surface area contributed by atoms with Crippen molar-refractivity contribution in [3.8, 4) is 11.4 Å². The van der Waals surface area contributed by atoms with E-state index in [4.69, 9.17) is 21.1 Å². The number of nitrogens with one attached hydrogen (secondary N) is 2. The zero-order valence-electron chi connectivity index (χ0n) is 20.2. The molecule has 2 aromatic heterocycles. The molecular weight excluding hydrogens is 422 g/mol. The fourth-order valence-corrected chi connectivity index (χ4v) is 4.42. The summed E-state index contributed by atoms with van der Waals surface area (Å²) in [6.45, 7) is 10.6. The standard InChI is InChI=1S/C27H35N7/c1-4-5-13-30-14-12-23(29)18-34-25-10-8-21(20(3)28)16-24(25)32-27(34)22-9-11-26(31-17-22)33-15-6-7-19(33)2/h8-12,14,16-17,19,29-30H,3-7,13,15,18,28H2,1-2H3/b14-12-,29-23?. The first-order valence-corrected chi connectivity index (χ1v) is 12.1. The van der Waals surface area contributed by atoms with E-state index in [1.807, 2.05) is 36.7 Å². The maximum Gasteiger partial charge on any atom is 0.143 e. The Labute approximate surface area is 201 Å². The lowest BCUT2D eigenvalue weighted by Gasteiger charge is -2.22. The van der Waals surface area contributed by atoms with Gasteiger partial charge in [-0.2, -0.15) is 0 Å². The molecule has 0 amide bonds. The van der Waals surface area contributed by atoms with Crippen molar-refractivity contribution in [2.24, 2.45) is 5.73 Å². The van der Waals surface area contributed by atoms with Crippen molar-refractivity contribution in [1.82, 2.24) is 19.9 Å². The molecule has 0 aliphatic carbocycles. The molecular formula is C27H35N7. The molecule has 0 bridgehead atoms. The lowest BCUT2D eigenvalue weighted by atomic mass is 10.1. The van der Waals surface area contributed by atoms with Crippen LogP contribution in [0.4, 0.5) is 5.82 Å². The van der Waals surface area contributed by atoms with E-state index in [-0.39, 0.29) is 0 Å². The van der Waals surface area contributed by atoms with E-state index >= 15 is 0 Å². The average molecular weight is 458 g/mol. The number of hydrogen-bond acceptors (Lipinski definition) is 6. The van der Waals surface area contributed by atoms with Gasteiger partial charge in [0.2, 0.25) is 0 Å². The second kappa shape index (κ2) is 10.5. The highest BCUT2D eigenvalue weighted by Crippen LogP contribution is 2.29. The molecule has 0 spiro atoms. The summed E-state index contributed by atoms with van der Waals surface area (Å²) in [6, 6.07) is 10.6. The normalized spacial score (nSPS) is 15.9. The summed E-state index contributed by atoms with van der Waals surface area (Å²) in [7, 11) is 0. The van der Waals surface area contributed by atoms with Crippen LogP contribution in [0.15, 0.2) is 55.4 Å². The zero-order valence-corrected chi connectivity index (χ0v) is 20.2. The average Bonchev–Trinajstić information content (AvgIpc) is 3.42. The van der Waals surface area contributed by atoms with Crippen molar-refractivity contribution in [2.75, 3.05) is 18.0 Å². The van der Waals surface area contributed by atoms with Gasteiger partial charge in [-0.1, -0.05) is 26.0 Å². The van der Waals surface area contributed by atoms with Gasteiger partial charge in [0, 0.05) is 36.6 Å². The molecule has 178 valence electrons. The minimum absolute atomic E-state index is 0.408. The Morgan fingerprint density at radius 2 is 2.18 bits per heavy atom. The van der Waals surface area contributed by atoms with Gasteiger partial charge in [0.25, 0.3) is 0 Å². The summed E-state index contributed by atoms with van der Waals surface area (Å²) in [6.07, 6.45) is 10.2. The summed E-state index contributed by atoms with van der Waals surface area (Å²) in [5.74, 6) is 1.80. The van der Waals surface area contributed by atoms with Crippen LogP contribution in [0.2, 0.25) is 0 Å². The molecule has 7 heteroatoms.